The molecule has 1 fully saturated rings. The highest BCUT2D eigenvalue weighted by atomic mass is 32.2. The monoisotopic (exact) mass is 479 g/mol. The summed E-state index contributed by atoms with van der Waals surface area (Å²) in [4.78, 5) is 45.4. The Morgan fingerprint density at radius 1 is 1.12 bits per heavy atom. The van der Waals surface area contributed by atoms with Gasteiger partial charge in [-0.15, -0.1) is 0 Å². The van der Waals surface area contributed by atoms with Gasteiger partial charge < -0.3 is 20.4 Å². The molecule has 0 aromatic heterocycles. The summed E-state index contributed by atoms with van der Waals surface area (Å²) in [6.07, 6.45) is 2.28. The van der Waals surface area contributed by atoms with Gasteiger partial charge in [0.15, 0.2) is 5.17 Å². The molecule has 4 rings (SSSR count). The minimum absolute atomic E-state index is 0.0680. The van der Waals surface area contributed by atoms with E-state index in [4.69, 9.17) is 0 Å². The van der Waals surface area contributed by atoms with E-state index in [1.165, 1.54) is 11.8 Å². The van der Waals surface area contributed by atoms with Gasteiger partial charge >= 0.3 is 0 Å². The molecular weight excluding hydrogens is 450 g/mol. The molecule has 1 unspecified atom stereocenters. The van der Waals surface area contributed by atoms with Crippen molar-refractivity contribution < 1.29 is 14.4 Å². The van der Waals surface area contributed by atoms with Gasteiger partial charge in [-0.2, -0.15) is 4.99 Å². The second kappa shape index (κ2) is 10.7. The second-order valence-electron chi connectivity index (χ2n) is 8.61. The van der Waals surface area contributed by atoms with Gasteiger partial charge in [0.2, 0.25) is 5.91 Å². The van der Waals surface area contributed by atoms with Crippen molar-refractivity contribution in [1.29, 1.82) is 0 Å². The summed E-state index contributed by atoms with van der Waals surface area (Å²) in [6, 6.07) is 14.7. The second-order valence-corrected chi connectivity index (χ2v) is 9.78. The van der Waals surface area contributed by atoms with Crippen molar-refractivity contribution >= 4 is 46.0 Å². The first-order valence-corrected chi connectivity index (χ1v) is 12.3. The zero-order valence-electron chi connectivity index (χ0n) is 19.4. The fourth-order valence-electron chi connectivity index (χ4n) is 3.87. The zero-order chi connectivity index (χ0) is 24.1. The van der Waals surface area contributed by atoms with Crippen LogP contribution < -0.4 is 15.5 Å². The number of carbonyl (C=O) groups excluding carboxylic acids is 3. The van der Waals surface area contributed by atoms with E-state index < -0.39 is 5.25 Å². The molecule has 1 atom stereocenters. The number of benzene rings is 2. The summed E-state index contributed by atoms with van der Waals surface area (Å²) >= 11 is 1.38. The molecule has 2 aliphatic heterocycles. The Bertz CT molecular complexity index is 1090. The number of amides is 3. The highest BCUT2D eigenvalue weighted by molar-refractivity contribution is 8.15. The Hall–Kier alpha value is -3.33. The van der Waals surface area contributed by atoms with Crippen LogP contribution in [0.2, 0.25) is 0 Å². The molecule has 2 aromatic rings. The van der Waals surface area contributed by atoms with E-state index >= 15 is 0 Å². The third-order valence-electron chi connectivity index (χ3n) is 5.79. The third-order valence-corrected chi connectivity index (χ3v) is 7.00. The van der Waals surface area contributed by atoms with Gasteiger partial charge in [0.1, 0.15) is 5.25 Å². The molecule has 9 heteroatoms. The number of hydrogen-bond donors (Lipinski definition) is 2. The number of nitrogens with one attached hydrogen (secondary N) is 2. The lowest BCUT2D eigenvalue weighted by atomic mass is 10.1. The van der Waals surface area contributed by atoms with Crippen molar-refractivity contribution in [2.24, 2.45) is 4.99 Å². The van der Waals surface area contributed by atoms with Crippen LogP contribution in [-0.4, -0.2) is 60.2 Å². The van der Waals surface area contributed by atoms with Crippen LogP contribution in [0.5, 0.6) is 0 Å². The van der Waals surface area contributed by atoms with E-state index in [2.05, 4.69) is 20.5 Å². The van der Waals surface area contributed by atoms with E-state index in [0.29, 0.717) is 17.8 Å². The molecule has 3 amide bonds. The van der Waals surface area contributed by atoms with E-state index in [0.717, 1.165) is 42.3 Å². The third kappa shape index (κ3) is 5.96. The van der Waals surface area contributed by atoms with Crippen molar-refractivity contribution in [2.45, 2.75) is 31.1 Å². The first kappa shape index (κ1) is 23.8. The molecule has 8 nitrogen and oxygen atoms in total. The maximum atomic E-state index is 12.5. The molecule has 2 aliphatic rings. The van der Waals surface area contributed by atoms with Gasteiger partial charge in [-0.3, -0.25) is 14.4 Å². The molecule has 0 spiro atoms. The average Bonchev–Trinajstić information content (AvgIpc) is 3.48. The van der Waals surface area contributed by atoms with Crippen molar-refractivity contribution in [3.63, 3.8) is 0 Å². The number of carbonyl (C=O) groups is 3. The molecule has 2 heterocycles. The van der Waals surface area contributed by atoms with Gasteiger partial charge in [-0.25, -0.2) is 0 Å². The Morgan fingerprint density at radius 3 is 2.56 bits per heavy atom. The summed E-state index contributed by atoms with van der Waals surface area (Å²) in [6.45, 7) is 2.26. The molecule has 0 radical (unpaired) electrons. The van der Waals surface area contributed by atoms with Gasteiger partial charge in [0.05, 0.1) is 0 Å². The number of anilines is 2. The number of aliphatic imine (C=N–C) groups is 1. The number of likely N-dealkylation sites (tertiary alicyclic amines) is 1. The molecule has 0 bridgehead atoms. The minimum atomic E-state index is -0.480. The fourth-order valence-corrected chi connectivity index (χ4v) is 4.98. The van der Waals surface area contributed by atoms with E-state index in [-0.39, 0.29) is 24.1 Å². The maximum Gasteiger partial charge on any atom is 0.262 e. The minimum Gasteiger partial charge on any atom is -0.378 e. The highest BCUT2D eigenvalue weighted by Crippen LogP contribution is 2.29. The predicted molar refractivity (Wildman–Crippen MR) is 136 cm³/mol. The summed E-state index contributed by atoms with van der Waals surface area (Å²) in [5.74, 6) is -0.681. The van der Waals surface area contributed by atoms with Gasteiger partial charge in [0.25, 0.3) is 11.8 Å². The van der Waals surface area contributed by atoms with Crippen LogP contribution in [0.25, 0.3) is 0 Å². The van der Waals surface area contributed by atoms with E-state index in [1.54, 1.807) is 24.3 Å². The molecule has 0 saturated carbocycles. The molecule has 2 N–H and O–H groups in total. The fraction of sp³-hybridized carbons (Fsp3) is 0.360. The standard InChI is InChI=1S/C25H29N5O3S/c1-29(2)20-7-5-6-17(14-20)16-26-23(32)18-8-10-19(11-9-18)27-22(31)15-21-24(33)28-25(34-21)30-12-3-4-13-30/h5-11,14,21H,3-4,12-13,15-16H2,1-2H3,(H,26,32)(H,27,31). The summed E-state index contributed by atoms with van der Waals surface area (Å²) in [5.41, 5.74) is 3.17. The molecule has 34 heavy (non-hydrogen) atoms. The largest absolute Gasteiger partial charge is 0.378 e. The quantitative estimate of drug-likeness (QED) is 0.634. The van der Waals surface area contributed by atoms with Gasteiger partial charge in [-0.1, -0.05) is 23.9 Å². The molecule has 0 aliphatic carbocycles. The Morgan fingerprint density at radius 2 is 1.85 bits per heavy atom. The smallest absolute Gasteiger partial charge is 0.262 e. The molecule has 178 valence electrons. The topological polar surface area (TPSA) is 94.1 Å². The number of amidine groups is 1. The van der Waals surface area contributed by atoms with Gasteiger partial charge in [-0.05, 0) is 54.8 Å². The molecule has 2 aromatic carbocycles. The first-order valence-electron chi connectivity index (χ1n) is 11.4. The molecule has 1 saturated heterocycles. The Kier molecular flexibility index (Phi) is 7.52. The van der Waals surface area contributed by atoms with Crippen LogP contribution in [0.4, 0.5) is 11.4 Å². The van der Waals surface area contributed by atoms with Crippen LogP contribution in [0.15, 0.2) is 53.5 Å². The first-order chi connectivity index (χ1) is 16.4. The van der Waals surface area contributed by atoms with Crippen LogP contribution in [0.1, 0.15) is 35.2 Å². The van der Waals surface area contributed by atoms with E-state index in [9.17, 15) is 14.4 Å². The Balaban J connectivity index is 1.25. The maximum absolute atomic E-state index is 12.5. The summed E-state index contributed by atoms with van der Waals surface area (Å²) < 4.78 is 0. The number of nitrogens with zero attached hydrogens (tertiary/aromatic N) is 3. The van der Waals surface area contributed by atoms with Gasteiger partial charge in [0, 0.05) is 57.1 Å². The van der Waals surface area contributed by atoms with Crippen LogP contribution in [0, 0.1) is 0 Å². The predicted octanol–water partition coefficient (Wildman–Crippen LogP) is 3.11. The SMILES string of the molecule is CN(C)c1cccc(CNC(=O)c2ccc(NC(=O)CC3SC(N4CCCC4)=NC3=O)cc2)c1. The molecular formula is C25H29N5O3S. The van der Waals surface area contributed by atoms with Crippen molar-refractivity contribution in [2.75, 3.05) is 37.4 Å². The zero-order valence-corrected chi connectivity index (χ0v) is 20.2. The Labute approximate surface area is 203 Å². The van der Waals surface area contributed by atoms with E-state index in [1.807, 2.05) is 43.3 Å². The van der Waals surface area contributed by atoms with Crippen molar-refractivity contribution in [3.8, 4) is 0 Å². The van der Waals surface area contributed by atoms with Crippen LogP contribution in [-0.2, 0) is 16.1 Å². The number of hydrogen-bond acceptors (Lipinski definition) is 6. The number of rotatable bonds is 7. The van der Waals surface area contributed by atoms with Crippen molar-refractivity contribution in [1.82, 2.24) is 10.2 Å². The van der Waals surface area contributed by atoms with Crippen molar-refractivity contribution in [3.05, 3.63) is 59.7 Å². The normalized spacial score (nSPS) is 17.5. The highest BCUT2D eigenvalue weighted by Gasteiger charge is 2.33. The van der Waals surface area contributed by atoms with Crippen LogP contribution in [0.3, 0.4) is 0 Å². The average molecular weight is 480 g/mol. The lowest BCUT2D eigenvalue weighted by molar-refractivity contribution is -0.121. The lowest BCUT2D eigenvalue weighted by Gasteiger charge is -2.16. The summed E-state index contributed by atoms with van der Waals surface area (Å²) in [7, 11) is 3.95. The van der Waals surface area contributed by atoms with Crippen LogP contribution >= 0.6 is 11.8 Å². The summed E-state index contributed by atoms with van der Waals surface area (Å²) in [5, 5.41) is 5.99. The lowest BCUT2D eigenvalue weighted by Crippen LogP contribution is -2.25. The number of thioether (sulfide) groups is 1.